The fraction of sp³-hybridized carbons (Fsp3) is 0.296. The molecule has 0 N–H and O–H groups in total. The number of nitro groups is 2. The van der Waals surface area contributed by atoms with Crippen LogP contribution in [0.15, 0.2) is 36.4 Å². The van der Waals surface area contributed by atoms with Crippen molar-refractivity contribution in [3.63, 3.8) is 0 Å². The van der Waals surface area contributed by atoms with Gasteiger partial charge in [0.25, 0.3) is 11.4 Å². The molecule has 14 nitrogen and oxygen atoms in total. The molecule has 0 saturated heterocycles. The molecule has 41 heavy (non-hydrogen) atoms. The summed E-state index contributed by atoms with van der Waals surface area (Å²) in [6.07, 6.45) is -0.382. The van der Waals surface area contributed by atoms with Crippen molar-refractivity contribution in [1.82, 2.24) is 0 Å². The lowest BCUT2D eigenvalue weighted by Crippen LogP contribution is -2.36. The summed E-state index contributed by atoms with van der Waals surface area (Å²) in [4.78, 5) is 79.0. The Kier molecular flexibility index (Phi) is 11.4. The van der Waals surface area contributed by atoms with E-state index < -0.39 is 61.6 Å². The van der Waals surface area contributed by atoms with Crippen LogP contribution in [0.3, 0.4) is 0 Å². The summed E-state index contributed by atoms with van der Waals surface area (Å²) in [6.45, 7) is 6.96. The van der Waals surface area contributed by atoms with Crippen molar-refractivity contribution < 1.29 is 38.6 Å². The van der Waals surface area contributed by atoms with Gasteiger partial charge in [0.1, 0.15) is 11.4 Å². The highest BCUT2D eigenvalue weighted by molar-refractivity contribution is 6.23. The molecule has 0 aliphatic heterocycles. The maximum Gasteiger partial charge on any atom is 0.325 e. The van der Waals surface area contributed by atoms with Crippen LogP contribution in [-0.4, -0.2) is 44.5 Å². The molecular weight excluding hydrogens is 540 g/mol. The SMILES string of the molecule is CC(=O)C(C(=O)OC(C)(C)C)C(=O)c1ccc(C#N)cc1[N+](=O)[O-].CC(=O)CC(=O)c1ccc(C#N)cc1[N+](=O)[O-]. The van der Waals surface area contributed by atoms with Gasteiger partial charge in [0.05, 0.1) is 50.7 Å². The molecule has 2 aromatic carbocycles. The topological polar surface area (TPSA) is 228 Å². The van der Waals surface area contributed by atoms with Gasteiger partial charge in [-0.25, -0.2) is 0 Å². The number of carbonyl (C=O) groups is 5. The van der Waals surface area contributed by atoms with E-state index in [2.05, 4.69) is 0 Å². The lowest BCUT2D eigenvalue weighted by atomic mass is 9.92. The van der Waals surface area contributed by atoms with Crippen LogP contribution in [-0.2, 0) is 19.1 Å². The quantitative estimate of drug-likeness (QED) is 0.139. The molecule has 0 amide bonds. The average molecular weight is 565 g/mol. The lowest BCUT2D eigenvalue weighted by Gasteiger charge is -2.22. The number of nitro benzene ring substituents is 2. The first-order chi connectivity index (χ1) is 18.9. The second kappa shape index (κ2) is 14.0. The third-order valence-electron chi connectivity index (χ3n) is 4.93. The van der Waals surface area contributed by atoms with Crippen LogP contribution in [0.1, 0.15) is 72.9 Å². The van der Waals surface area contributed by atoms with Crippen molar-refractivity contribution in [3.05, 3.63) is 78.9 Å². The van der Waals surface area contributed by atoms with Gasteiger partial charge in [-0.3, -0.25) is 44.2 Å². The van der Waals surface area contributed by atoms with Gasteiger partial charge in [0, 0.05) is 12.1 Å². The number of Topliss-reactive ketones (excluding diaryl/α,β-unsaturated/α-hetero) is 4. The first kappa shape index (κ1) is 33.4. The zero-order chi connectivity index (χ0) is 31.7. The van der Waals surface area contributed by atoms with Crippen LogP contribution in [0, 0.1) is 48.8 Å². The predicted octanol–water partition coefficient (Wildman–Crippen LogP) is 3.82. The van der Waals surface area contributed by atoms with Crippen LogP contribution in [0.2, 0.25) is 0 Å². The number of rotatable bonds is 9. The fourth-order valence-corrected chi connectivity index (χ4v) is 3.24. The molecular formula is C27H24N4O10. The third-order valence-corrected chi connectivity index (χ3v) is 4.93. The highest BCUT2D eigenvalue weighted by Crippen LogP contribution is 2.25. The number of hydrogen-bond donors (Lipinski definition) is 0. The maximum absolute atomic E-state index is 12.5. The summed E-state index contributed by atoms with van der Waals surface area (Å²) in [6, 6.07) is 10.2. The third kappa shape index (κ3) is 9.56. The van der Waals surface area contributed by atoms with E-state index in [0.717, 1.165) is 25.1 Å². The Morgan fingerprint density at radius 2 is 1.29 bits per heavy atom. The maximum atomic E-state index is 12.5. The van der Waals surface area contributed by atoms with E-state index in [1.165, 1.54) is 25.1 Å². The first-order valence-corrected chi connectivity index (χ1v) is 11.6. The van der Waals surface area contributed by atoms with Crippen LogP contribution >= 0.6 is 0 Å². The zero-order valence-electron chi connectivity index (χ0n) is 22.6. The summed E-state index contributed by atoms with van der Waals surface area (Å²) in [5.41, 5.74) is -2.52. The van der Waals surface area contributed by atoms with Crippen molar-refractivity contribution in [2.24, 2.45) is 5.92 Å². The number of nitriles is 2. The minimum Gasteiger partial charge on any atom is -0.459 e. The molecule has 1 atom stereocenters. The Morgan fingerprint density at radius 1 is 0.854 bits per heavy atom. The molecule has 0 heterocycles. The van der Waals surface area contributed by atoms with E-state index in [1.54, 1.807) is 32.9 Å². The second-order valence-electron chi connectivity index (χ2n) is 9.45. The van der Waals surface area contributed by atoms with Gasteiger partial charge in [-0.2, -0.15) is 10.5 Å². The van der Waals surface area contributed by atoms with Crippen molar-refractivity contribution in [2.45, 2.75) is 46.6 Å². The minimum atomic E-state index is -1.80. The van der Waals surface area contributed by atoms with Gasteiger partial charge >= 0.3 is 5.97 Å². The number of hydrogen-bond acceptors (Lipinski definition) is 12. The predicted molar refractivity (Wildman–Crippen MR) is 140 cm³/mol. The number of benzene rings is 2. The van der Waals surface area contributed by atoms with E-state index in [1.807, 2.05) is 0 Å². The second-order valence-corrected chi connectivity index (χ2v) is 9.45. The van der Waals surface area contributed by atoms with E-state index in [0.29, 0.717) is 0 Å². The number of nitrogens with zero attached hydrogens (tertiary/aromatic N) is 4. The molecule has 2 rings (SSSR count). The summed E-state index contributed by atoms with van der Waals surface area (Å²) in [5, 5.41) is 39.3. The standard InChI is InChI=1S/C16H16N2O6.C11H8N2O4/c1-9(19)13(15(21)24-16(2,3)4)14(20)11-6-5-10(8-17)7-12(11)18(22)23;1-7(14)4-11(15)9-3-2-8(6-12)5-10(9)13(16)17/h5-7,13H,1-4H3;2-3,5H,4H2,1H3. The summed E-state index contributed by atoms with van der Waals surface area (Å²) in [7, 11) is 0. The van der Waals surface area contributed by atoms with E-state index in [4.69, 9.17) is 15.3 Å². The molecule has 0 aliphatic carbocycles. The molecule has 0 aliphatic rings. The lowest BCUT2D eigenvalue weighted by molar-refractivity contribution is -0.385. The minimum absolute atomic E-state index is 0.0186. The van der Waals surface area contributed by atoms with Gasteiger partial charge < -0.3 is 4.74 Å². The smallest absolute Gasteiger partial charge is 0.325 e. The van der Waals surface area contributed by atoms with Crippen molar-refractivity contribution in [3.8, 4) is 12.1 Å². The molecule has 1 unspecified atom stereocenters. The zero-order valence-corrected chi connectivity index (χ0v) is 22.6. The number of esters is 1. The van der Waals surface area contributed by atoms with Crippen molar-refractivity contribution >= 4 is 40.5 Å². The largest absolute Gasteiger partial charge is 0.459 e. The van der Waals surface area contributed by atoms with E-state index in [9.17, 15) is 44.2 Å². The van der Waals surface area contributed by atoms with E-state index >= 15 is 0 Å². The van der Waals surface area contributed by atoms with Crippen LogP contribution in [0.25, 0.3) is 0 Å². The molecule has 0 saturated carbocycles. The van der Waals surface area contributed by atoms with Gasteiger partial charge in [-0.15, -0.1) is 0 Å². The first-order valence-electron chi connectivity index (χ1n) is 11.6. The molecule has 0 bridgehead atoms. The molecule has 0 aromatic heterocycles. The summed E-state index contributed by atoms with van der Waals surface area (Å²) in [5.74, 6) is -5.67. The average Bonchev–Trinajstić information content (AvgIpc) is 2.86. The van der Waals surface area contributed by atoms with Crippen LogP contribution in [0.4, 0.5) is 11.4 Å². The monoisotopic (exact) mass is 564 g/mol. The summed E-state index contributed by atoms with van der Waals surface area (Å²) >= 11 is 0. The molecule has 212 valence electrons. The Morgan fingerprint density at radius 3 is 1.66 bits per heavy atom. The number of ether oxygens (including phenoxy) is 1. The van der Waals surface area contributed by atoms with Crippen LogP contribution in [0.5, 0.6) is 0 Å². The highest BCUT2D eigenvalue weighted by atomic mass is 16.6. The van der Waals surface area contributed by atoms with Gasteiger partial charge in [0.2, 0.25) is 0 Å². The van der Waals surface area contributed by atoms with Crippen molar-refractivity contribution in [2.75, 3.05) is 0 Å². The van der Waals surface area contributed by atoms with Crippen LogP contribution < -0.4 is 0 Å². The highest BCUT2D eigenvalue weighted by Gasteiger charge is 2.38. The number of ketones is 4. The van der Waals surface area contributed by atoms with Gasteiger partial charge in [-0.05, 0) is 58.9 Å². The number of carbonyl (C=O) groups excluding carboxylic acids is 5. The Labute approximate surface area is 233 Å². The molecule has 0 fully saturated rings. The van der Waals surface area contributed by atoms with Crippen molar-refractivity contribution in [1.29, 1.82) is 10.5 Å². The van der Waals surface area contributed by atoms with Gasteiger partial charge in [-0.1, -0.05) is 0 Å². The van der Waals surface area contributed by atoms with E-state index in [-0.39, 0.29) is 28.9 Å². The Hall–Kier alpha value is -5.63. The van der Waals surface area contributed by atoms with Gasteiger partial charge in [0.15, 0.2) is 23.3 Å². The Bertz CT molecular complexity index is 1520. The molecule has 2 aromatic rings. The molecule has 0 radical (unpaired) electrons. The molecule has 0 spiro atoms. The fourth-order valence-electron chi connectivity index (χ4n) is 3.24. The molecule has 14 heteroatoms. The summed E-state index contributed by atoms with van der Waals surface area (Å²) < 4.78 is 5.05. The normalized spacial score (nSPS) is 10.9. The Balaban J connectivity index is 0.000000435.